The highest BCUT2D eigenvalue weighted by molar-refractivity contribution is 5.90. The largest absolute Gasteiger partial charge is 0.490 e. The molecule has 0 saturated heterocycles. The molecule has 0 bridgehead atoms. The maximum absolute atomic E-state index is 12.4. The summed E-state index contributed by atoms with van der Waals surface area (Å²) >= 11 is 0. The van der Waals surface area contributed by atoms with Crippen LogP contribution in [-0.2, 0) is 17.9 Å². The zero-order chi connectivity index (χ0) is 19.5. The van der Waals surface area contributed by atoms with Gasteiger partial charge in [0.15, 0.2) is 23.9 Å². The minimum atomic E-state index is -0.457. The summed E-state index contributed by atoms with van der Waals surface area (Å²) in [5.74, 6) is 1.24. The fourth-order valence-electron chi connectivity index (χ4n) is 2.37. The Bertz CT molecular complexity index is 717. The van der Waals surface area contributed by atoms with Crippen molar-refractivity contribution in [1.29, 1.82) is 0 Å². The van der Waals surface area contributed by atoms with Gasteiger partial charge in [-0.1, -0.05) is 26.7 Å². The number of hydrogen-bond donors (Lipinski definition) is 0. The Labute approximate surface area is 159 Å². The first-order chi connectivity index (χ1) is 13.2. The minimum absolute atomic E-state index is 0.0221. The lowest BCUT2D eigenvalue weighted by Gasteiger charge is -2.13. The number of nitrogens with zero attached hydrogens (tertiary/aromatic N) is 4. The molecule has 0 radical (unpaired) electrons. The molecule has 2 aromatic rings. The van der Waals surface area contributed by atoms with Gasteiger partial charge in [0.25, 0.3) is 0 Å². The van der Waals surface area contributed by atoms with Gasteiger partial charge in [0.1, 0.15) is 0 Å². The lowest BCUT2D eigenvalue weighted by molar-refractivity contribution is 0.0455. The predicted molar refractivity (Wildman–Crippen MR) is 99.9 cm³/mol. The molecule has 0 atom stereocenters. The molecular formula is C19H28N4O4. The lowest BCUT2D eigenvalue weighted by Crippen LogP contribution is -2.11. The molecule has 148 valence electrons. The van der Waals surface area contributed by atoms with Crippen LogP contribution in [0.2, 0.25) is 0 Å². The van der Waals surface area contributed by atoms with Crippen LogP contribution in [0.1, 0.15) is 62.6 Å². The SMILES string of the molecule is CCCCOc1ccc(C(=O)OCc2nnnn2CCCC)cc1OCC. The van der Waals surface area contributed by atoms with Gasteiger partial charge >= 0.3 is 5.97 Å². The highest BCUT2D eigenvalue weighted by Crippen LogP contribution is 2.29. The molecule has 0 spiro atoms. The molecule has 0 fully saturated rings. The summed E-state index contributed by atoms with van der Waals surface area (Å²) < 4.78 is 18.4. The van der Waals surface area contributed by atoms with Gasteiger partial charge in [0.05, 0.1) is 18.8 Å². The maximum atomic E-state index is 12.4. The molecule has 1 aromatic carbocycles. The van der Waals surface area contributed by atoms with E-state index < -0.39 is 5.97 Å². The zero-order valence-corrected chi connectivity index (χ0v) is 16.3. The Morgan fingerprint density at radius 2 is 1.89 bits per heavy atom. The van der Waals surface area contributed by atoms with Gasteiger partial charge in [0, 0.05) is 6.54 Å². The molecule has 1 aromatic heterocycles. The van der Waals surface area contributed by atoms with Crippen molar-refractivity contribution in [1.82, 2.24) is 20.2 Å². The van der Waals surface area contributed by atoms with Gasteiger partial charge in [-0.2, -0.15) is 0 Å². The number of benzene rings is 1. The molecule has 0 unspecified atom stereocenters. The number of aryl methyl sites for hydroxylation is 1. The quantitative estimate of drug-likeness (QED) is 0.414. The third-order valence-corrected chi connectivity index (χ3v) is 3.90. The first-order valence-corrected chi connectivity index (χ1v) is 9.51. The fraction of sp³-hybridized carbons (Fsp3) is 0.579. The number of aromatic nitrogens is 4. The van der Waals surface area contributed by atoms with E-state index in [9.17, 15) is 4.79 Å². The van der Waals surface area contributed by atoms with Crippen molar-refractivity contribution in [3.05, 3.63) is 29.6 Å². The number of carbonyl (C=O) groups excluding carboxylic acids is 1. The van der Waals surface area contributed by atoms with Crippen molar-refractivity contribution in [2.75, 3.05) is 13.2 Å². The summed E-state index contributed by atoms with van der Waals surface area (Å²) in [6.45, 7) is 7.90. The smallest absolute Gasteiger partial charge is 0.338 e. The van der Waals surface area contributed by atoms with Crippen LogP contribution in [0.5, 0.6) is 11.5 Å². The molecule has 27 heavy (non-hydrogen) atoms. The zero-order valence-electron chi connectivity index (χ0n) is 16.3. The van der Waals surface area contributed by atoms with E-state index in [4.69, 9.17) is 14.2 Å². The third-order valence-electron chi connectivity index (χ3n) is 3.90. The molecule has 0 aliphatic rings. The van der Waals surface area contributed by atoms with Gasteiger partial charge in [-0.15, -0.1) is 5.10 Å². The van der Waals surface area contributed by atoms with E-state index in [0.717, 1.165) is 25.7 Å². The standard InChI is InChI=1S/C19H28N4O4/c1-4-7-11-23-18(20-21-22-23)14-27-19(24)15-9-10-16(26-12-8-5-2)17(13-15)25-6-3/h9-10,13H,4-8,11-12,14H2,1-3H3. The second-order valence-electron chi connectivity index (χ2n) is 6.04. The molecule has 2 rings (SSSR count). The molecule has 8 heteroatoms. The number of tetrazole rings is 1. The minimum Gasteiger partial charge on any atom is -0.490 e. The highest BCUT2D eigenvalue weighted by Gasteiger charge is 2.15. The molecule has 8 nitrogen and oxygen atoms in total. The Hall–Kier alpha value is -2.64. The predicted octanol–water partition coefficient (Wildman–Crippen LogP) is 3.41. The Kier molecular flexibility index (Phi) is 8.54. The van der Waals surface area contributed by atoms with E-state index >= 15 is 0 Å². The molecule has 0 aliphatic heterocycles. The van der Waals surface area contributed by atoms with Crippen LogP contribution < -0.4 is 9.47 Å². The molecule has 1 heterocycles. The average molecular weight is 376 g/mol. The number of unbranched alkanes of at least 4 members (excludes halogenated alkanes) is 2. The first-order valence-electron chi connectivity index (χ1n) is 9.51. The van der Waals surface area contributed by atoms with Crippen molar-refractivity contribution in [3.8, 4) is 11.5 Å². The highest BCUT2D eigenvalue weighted by atomic mass is 16.5. The van der Waals surface area contributed by atoms with E-state index in [-0.39, 0.29) is 6.61 Å². The molecular weight excluding hydrogens is 348 g/mol. The summed E-state index contributed by atoms with van der Waals surface area (Å²) in [5, 5.41) is 11.5. The van der Waals surface area contributed by atoms with Gasteiger partial charge in [-0.25, -0.2) is 9.48 Å². The van der Waals surface area contributed by atoms with Crippen molar-refractivity contribution >= 4 is 5.97 Å². The number of hydrogen-bond acceptors (Lipinski definition) is 7. The van der Waals surface area contributed by atoms with Gasteiger partial charge in [0.2, 0.25) is 0 Å². The third kappa shape index (κ3) is 6.23. The summed E-state index contributed by atoms with van der Waals surface area (Å²) in [4.78, 5) is 12.4. The first kappa shape index (κ1) is 20.7. The Morgan fingerprint density at radius 1 is 1.07 bits per heavy atom. The van der Waals surface area contributed by atoms with Crippen molar-refractivity contribution < 1.29 is 19.0 Å². The van der Waals surface area contributed by atoms with Crippen LogP contribution in [0.25, 0.3) is 0 Å². The van der Waals surface area contributed by atoms with E-state index in [1.807, 2.05) is 6.92 Å². The summed E-state index contributed by atoms with van der Waals surface area (Å²) in [6, 6.07) is 5.06. The van der Waals surface area contributed by atoms with Crippen LogP contribution in [0, 0.1) is 0 Å². The fourth-order valence-corrected chi connectivity index (χ4v) is 2.37. The number of esters is 1. The second-order valence-corrected chi connectivity index (χ2v) is 6.04. The topological polar surface area (TPSA) is 88.4 Å². The van der Waals surface area contributed by atoms with E-state index in [1.165, 1.54) is 0 Å². The number of ether oxygens (including phenoxy) is 3. The molecule has 0 amide bonds. The van der Waals surface area contributed by atoms with Crippen LogP contribution in [0.3, 0.4) is 0 Å². The van der Waals surface area contributed by atoms with Crippen LogP contribution in [0.4, 0.5) is 0 Å². The summed E-state index contributed by atoms with van der Waals surface area (Å²) in [5.41, 5.74) is 0.397. The Morgan fingerprint density at radius 3 is 2.63 bits per heavy atom. The van der Waals surface area contributed by atoms with Crippen LogP contribution in [0.15, 0.2) is 18.2 Å². The van der Waals surface area contributed by atoms with Gasteiger partial charge in [-0.05, 0) is 48.4 Å². The van der Waals surface area contributed by atoms with Crippen LogP contribution in [-0.4, -0.2) is 39.4 Å². The van der Waals surface area contributed by atoms with E-state index in [2.05, 4.69) is 29.4 Å². The average Bonchev–Trinajstić information content (AvgIpc) is 3.13. The normalized spacial score (nSPS) is 10.6. The van der Waals surface area contributed by atoms with Crippen molar-refractivity contribution in [3.63, 3.8) is 0 Å². The molecule has 0 N–H and O–H groups in total. The molecule has 0 saturated carbocycles. The lowest BCUT2D eigenvalue weighted by atomic mass is 10.2. The maximum Gasteiger partial charge on any atom is 0.338 e. The van der Waals surface area contributed by atoms with E-state index in [1.54, 1.807) is 22.9 Å². The second kappa shape index (κ2) is 11.2. The molecule has 0 aliphatic carbocycles. The van der Waals surface area contributed by atoms with Gasteiger partial charge < -0.3 is 14.2 Å². The number of carbonyl (C=O) groups is 1. The summed E-state index contributed by atoms with van der Waals surface area (Å²) in [7, 11) is 0. The monoisotopic (exact) mass is 376 g/mol. The summed E-state index contributed by atoms with van der Waals surface area (Å²) in [6.07, 6.45) is 4.00. The van der Waals surface area contributed by atoms with E-state index in [0.29, 0.717) is 42.6 Å². The van der Waals surface area contributed by atoms with Crippen molar-refractivity contribution in [2.24, 2.45) is 0 Å². The van der Waals surface area contributed by atoms with Crippen molar-refractivity contribution in [2.45, 2.75) is 59.6 Å². The number of rotatable bonds is 12. The Balaban J connectivity index is 2.01. The van der Waals surface area contributed by atoms with Gasteiger partial charge in [-0.3, -0.25) is 0 Å². The van der Waals surface area contributed by atoms with Crippen LogP contribution >= 0.6 is 0 Å².